The Balaban J connectivity index is 1.38. The lowest BCUT2D eigenvalue weighted by Gasteiger charge is -2.10. The van der Waals surface area contributed by atoms with Crippen molar-refractivity contribution >= 4 is 22.7 Å². The quantitative estimate of drug-likeness (QED) is 0.450. The maximum absolute atomic E-state index is 12.6. The van der Waals surface area contributed by atoms with Crippen LogP contribution in [0, 0.1) is 6.92 Å². The summed E-state index contributed by atoms with van der Waals surface area (Å²) in [4.78, 5) is 29.4. The number of carbonyl (C=O) groups is 2. The summed E-state index contributed by atoms with van der Waals surface area (Å²) in [6.45, 7) is 1.90. The molecule has 0 spiro atoms. The van der Waals surface area contributed by atoms with E-state index in [1.165, 1.54) is 6.07 Å². The minimum Gasteiger partial charge on any atom is -0.497 e. The van der Waals surface area contributed by atoms with Crippen molar-refractivity contribution < 1.29 is 23.5 Å². The summed E-state index contributed by atoms with van der Waals surface area (Å²) in [5.74, 6) is 0.806. The number of hydrogen-bond donors (Lipinski definition) is 2. The van der Waals surface area contributed by atoms with Gasteiger partial charge in [0.05, 0.1) is 23.9 Å². The van der Waals surface area contributed by atoms with E-state index in [0.29, 0.717) is 28.5 Å². The molecule has 8 heteroatoms. The Morgan fingerprint density at radius 2 is 1.72 bits per heavy atom. The number of ether oxygens (including phenoxy) is 2. The van der Waals surface area contributed by atoms with Crippen LogP contribution in [0.2, 0.25) is 0 Å². The lowest BCUT2D eigenvalue weighted by Crippen LogP contribution is -2.41. The Hall–Kier alpha value is -4.33. The average Bonchev–Trinajstić information content (AvgIpc) is 3.30. The predicted molar refractivity (Wildman–Crippen MR) is 117 cm³/mol. The van der Waals surface area contributed by atoms with Gasteiger partial charge in [0.25, 0.3) is 5.91 Å². The van der Waals surface area contributed by atoms with Gasteiger partial charge in [-0.25, -0.2) is 0 Å². The van der Waals surface area contributed by atoms with E-state index in [9.17, 15) is 9.59 Å². The van der Waals surface area contributed by atoms with Crippen LogP contribution in [-0.4, -0.2) is 23.9 Å². The molecule has 32 heavy (non-hydrogen) atoms. The van der Waals surface area contributed by atoms with Gasteiger partial charge in [-0.2, -0.15) is 0 Å². The largest absolute Gasteiger partial charge is 0.497 e. The number of nitrogens with zero attached hydrogens (tertiary/aromatic N) is 1. The number of rotatable bonds is 6. The maximum Gasteiger partial charge on any atom is 0.305 e. The molecule has 0 aliphatic rings. The van der Waals surface area contributed by atoms with Crippen molar-refractivity contribution in [1.82, 2.24) is 15.8 Å². The first kappa shape index (κ1) is 20.9. The van der Waals surface area contributed by atoms with Crippen LogP contribution >= 0.6 is 0 Å². The number of furan rings is 1. The Morgan fingerprint density at radius 1 is 0.938 bits per heavy atom. The highest BCUT2D eigenvalue weighted by atomic mass is 16.5. The van der Waals surface area contributed by atoms with E-state index in [0.717, 1.165) is 10.9 Å². The van der Waals surface area contributed by atoms with Crippen LogP contribution in [0.25, 0.3) is 10.9 Å². The van der Waals surface area contributed by atoms with E-state index in [1.54, 1.807) is 38.3 Å². The standard InChI is InChI=1S/C24H21N3O5/c1-15-20(13-16-12-18(30-2)8-10-21(16)25-15)23(28)26-27-24(29)22-11-9-19(32-22)14-31-17-6-4-3-5-7-17/h3-13H,14H2,1-2H3,(H,26,28)(H,27,29). The molecule has 8 nitrogen and oxygen atoms in total. The highest BCUT2D eigenvalue weighted by molar-refractivity contribution is 6.00. The number of aryl methyl sites for hydroxylation is 1. The molecule has 4 aromatic rings. The lowest BCUT2D eigenvalue weighted by atomic mass is 10.1. The maximum atomic E-state index is 12.6. The highest BCUT2D eigenvalue weighted by Gasteiger charge is 2.16. The smallest absolute Gasteiger partial charge is 0.305 e. The number of aromatic nitrogens is 1. The van der Waals surface area contributed by atoms with Crippen LogP contribution in [-0.2, 0) is 6.61 Å². The molecule has 2 N–H and O–H groups in total. The van der Waals surface area contributed by atoms with Crippen molar-refractivity contribution in [2.24, 2.45) is 0 Å². The van der Waals surface area contributed by atoms with Crippen molar-refractivity contribution in [2.75, 3.05) is 7.11 Å². The average molecular weight is 431 g/mol. The number of para-hydroxylation sites is 1. The van der Waals surface area contributed by atoms with Gasteiger partial charge in [0.15, 0.2) is 5.76 Å². The fourth-order valence-corrected chi connectivity index (χ4v) is 3.10. The van der Waals surface area contributed by atoms with Gasteiger partial charge in [-0.3, -0.25) is 25.4 Å². The van der Waals surface area contributed by atoms with Gasteiger partial charge >= 0.3 is 5.91 Å². The minimum atomic E-state index is -0.586. The summed E-state index contributed by atoms with van der Waals surface area (Å²) in [5, 5.41) is 0.750. The summed E-state index contributed by atoms with van der Waals surface area (Å²) in [7, 11) is 1.57. The molecule has 0 atom stereocenters. The SMILES string of the molecule is COc1ccc2nc(C)c(C(=O)NNC(=O)c3ccc(COc4ccccc4)o3)cc2c1. The molecule has 0 unspecified atom stereocenters. The zero-order chi connectivity index (χ0) is 22.5. The molecule has 2 aromatic heterocycles. The second-order valence-corrected chi connectivity index (χ2v) is 6.96. The molecule has 4 rings (SSSR count). The zero-order valence-corrected chi connectivity index (χ0v) is 17.5. The first-order valence-corrected chi connectivity index (χ1v) is 9.86. The second-order valence-electron chi connectivity index (χ2n) is 6.96. The molecule has 0 aliphatic carbocycles. The molecular formula is C24H21N3O5. The number of methoxy groups -OCH3 is 1. The highest BCUT2D eigenvalue weighted by Crippen LogP contribution is 2.22. The molecule has 0 saturated carbocycles. The number of benzene rings is 2. The lowest BCUT2D eigenvalue weighted by molar-refractivity contribution is 0.0828. The monoisotopic (exact) mass is 431 g/mol. The van der Waals surface area contributed by atoms with Crippen LogP contribution < -0.4 is 20.3 Å². The molecule has 2 amide bonds. The Morgan fingerprint density at radius 3 is 2.50 bits per heavy atom. The van der Waals surface area contributed by atoms with Gasteiger partial charge in [0.2, 0.25) is 0 Å². The van der Waals surface area contributed by atoms with Crippen molar-refractivity contribution in [2.45, 2.75) is 13.5 Å². The first-order valence-electron chi connectivity index (χ1n) is 9.86. The molecule has 0 bridgehead atoms. The second kappa shape index (κ2) is 9.22. The molecule has 0 saturated heterocycles. The topological polar surface area (TPSA) is 103 Å². The van der Waals surface area contributed by atoms with Crippen molar-refractivity contribution in [1.29, 1.82) is 0 Å². The van der Waals surface area contributed by atoms with E-state index in [2.05, 4.69) is 15.8 Å². The number of fused-ring (bicyclic) bond motifs is 1. The van der Waals surface area contributed by atoms with Crippen LogP contribution in [0.15, 0.2) is 71.1 Å². The first-order chi connectivity index (χ1) is 15.5. The van der Waals surface area contributed by atoms with E-state index >= 15 is 0 Å². The summed E-state index contributed by atoms with van der Waals surface area (Å²) < 4.78 is 16.3. The third-order valence-electron chi connectivity index (χ3n) is 4.76. The predicted octanol–water partition coefficient (Wildman–Crippen LogP) is 3.80. The Kier molecular flexibility index (Phi) is 6.03. The fourth-order valence-electron chi connectivity index (χ4n) is 3.10. The minimum absolute atomic E-state index is 0.0510. The summed E-state index contributed by atoms with van der Waals surface area (Å²) in [5.41, 5.74) is 6.37. The molecule has 2 heterocycles. The Bertz CT molecular complexity index is 1270. The van der Waals surface area contributed by atoms with Gasteiger partial charge in [-0.15, -0.1) is 0 Å². The third kappa shape index (κ3) is 4.70. The van der Waals surface area contributed by atoms with Gasteiger partial charge in [0, 0.05) is 5.39 Å². The number of hydrogen-bond acceptors (Lipinski definition) is 6. The van der Waals surface area contributed by atoms with Crippen molar-refractivity contribution in [3.63, 3.8) is 0 Å². The summed E-state index contributed by atoms with van der Waals surface area (Å²) >= 11 is 0. The van der Waals surface area contributed by atoms with Crippen molar-refractivity contribution in [3.8, 4) is 11.5 Å². The van der Waals surface area contributed by atoms with Crippen LogP contribution in [0.1, 0.15) is 32.4 Å². The number of nitrogens with one attached hydrogen (secondary N) is 2. The molecular weight excluding hydrogens is 410 g/mol. The number of pyridine rings is 1. The van der Waals surface area contributed by atoms with Gasteiger partial charge in [-0.1, -0.05) is 18.2 Å². The van der Waals surface area contributed by atoms with Crippen LogP contribution in [0.4, 0.5) is 0 Å². The van der Waals surface area contributed by atoms with Crippen LogP contribution in [0.5, 0.6) is 11.5 Å². The number of hydrazine groups is 1. The summed E-state index contributed by atoms with van der Waals surface area (Å²) in [6.07, 6.45) is 0. The molecule has 0 aliphatic heterocycles. The fraction of sp³-hybridized carbons (Fsp3) is 0.125. The zero-order valence-electron chi connectivity index (χ0n) is 17.5. The number of carbonyl (C=O) groups excluding carboxylic acids is 2. The van der Waals surface area contributed by atoms with Crippen LogP contribution in [0.3, 0.4) is 0 Å². The number of amides is 2. The molecule has 0 fully saturated rings. The van der Waals surface area contributed by atoms with E-state index in [4.69, 9.17) is 13.9 Å². The summed E-state index contributed by atoms with van der Waals surface area (Å²) in [6, 6.07) is 19.5. The van der Waals surface area contributed by atoms with E-state index in [1.807, 2.05) is 36.4 Å². The van der Waals surface area contributed by atoms with Gasteiger partial charge < -0.3 is 13.9 Å². The Labute approximate surface area is 184 Å². The normalized spacial score (nSPS) is 10.6. The van der Waals surface area contributed by atoms with Crippen molar-refractivity contribution in [3.05, 3.63) is 89.5 Å². The molecule has 162 valence electrons. The molecule has 2 aromatic carbocycles. The van der Waals surface area contributed by atoms with Gasteiger partial charge in [-0.05, 0) is 55.5 Å². The molecule has 0 radical (unpaired) electrons. The van der Waals surface area contributed by atoms with Gasteiger partial charge in [0.1, 0.15) is 23.9 Å². The third-order valence-corrected chi connectivity index (χ3v) is 4.76. The van der Waals surface area contributed by atoms with E-state index in [-0.39, 0.29) is 12.4 Å². The van der Waals surface area contributed by atoms with E-state index < -0.39 is 11.8 Å².